The first-order chi connectivity index (χ1) is 12.8. The molecule has 1 aromatic carbocycles. The molecule has 0 aliphatic rings. The van der Waals surface area contributed by atoms with Crippen LogP contribution in [0.5, 0.6) is 5.75 Å². The monoisotopic (exact) mass is 412 g/mol. The van der Waals surface area contributed by atoms with Crippen LogP contribution >= 0.6 is 22.7 Å². The molecule has 7 nitrogen and oxygen atoms in total. The van der Waals surface area contributed by atoms with Gasteiger partial charge in [0.2, 0.25) is 0 Å². The Labute approximate surface area is 155 Å². The molecule has 0 atom stereocenters. The van der Waals surface area contributed by atoms with E-state index >= 15 is 0 Å². The Balaban J connectivity index is 1.61. The molecule has 0 bridgehead atoms. The van der Waals surface area contributed by atoms with Crippen LogP contribution in [0.2, 0.25) is 0 Å². The Morgan fingerprint density at radius 2 is 2.11 bits per heavy atom. The minimum absolute atomic E-state index is 0.133. The maximum atomic E-state index is 12.4. The van der Waals surface area contributed by atoms with Crippen molar-refractivity contribution in [1.82, 2.24) is 14.4 Å². The highest BCUT2D eigenvalue weighted by molar-refractivity contribution is 7.22. The second-order valence-corrected chi connectivity index (χ2v) is 7.09. The topological polar surface area (TPSA) is 85.6 Å². The summed E-state index contributed by atoms with van der Waals surface area (Å²) in [5, 5.41) is 4.27. The summed E-state index contributed by atoms with van der Waals surface area (Å²) in [6.07, 6.45) is -2.12. The number of anilines is 1. The van der Waals surface area contributed by atoms with Gasteiger partial charge in [-0.2, -0.15) is 0 Å². The summed E-state index contributed by atoms with van der Waals surface area (Å²) in [7, 11) is 0. The van der Waals surface area contributed by atoms with Gasteiger partial charge in [0.05, 0.1) is 10.2 Å². The van der Waals surface area contributed by atoms with E-state index in [0.29, 0.717) is 15.2 Å². The Hall–Kier alpha value is -2.99. The number of nitrogens with zero attached hydrogens (tertiary/aromatic N) is 3. The average molecular weight is 412 g/mol. The average Bonchev–Trinajstić information content (AvgIpc) is 3.19. The van der Waals surface area contributed by atoms with Gasteiger partial charge in [0, 0.05) is 23.8 Å². The van der Waals surface area contributed by atoms with E-state index in [1.54, 1.807) is 5.38 Å². The molecule has 0 fully saturated rings. The van der Waals surface area contributed by atoms with Gasteiger partial charge in [0.15, 0.2) is 10.1 Å². The molecule has 0 aliphatic heterocycles. The van der Waals surface area contributed by atoms with E-state index in [2.05, 4.69) is 20.0 Å². The number of fused-ring (bicyclic) bond motifs is 2. The van der Waals surface area contributed by atoms with Crippen LogP contribution in [0, 0.1) is 0 Å². The molecule has 0 saturated heterocycles. The predicted octanol–water partition coefficient (Wildman–Crippen LogP) is 3.52. The zero-order chi connectivity index (χ0) is 19.2. The highest BCUT2D eigenvalue weighted by Crippen LogP contribution is 2.31. The summed E-state index contributed by atoms with van der Waals surface area (Å²) in [6.45, 7) is 0. The highest BCUT2D eigenvalue weighted by atomic mass is 32.1. The van der Waals surface area contributed by atoms with Crippen molar-refractivity contribution in [3.05, 3.63) is 51.9 Å². The van der Waals surface area contributed by atoms with Crippen LogP contribution in [-0.2, 0) is 0 Å². The lowest BCUT2D eigenvalue weighted by molar-refractivity contribution is -0.274. The van der Waals surface area contributed by atoms with E-state index in [-0.39, 0.29) is 16.4 Å². The van der Waals surface area contributed by atoms with Crippen LogP contribution in [0.15, 0.2) is 40.8 Å². The molecular weight excluding hydrogens is 405 g/mol. The molecule has 0 radical (unpaired) electrons. The molecule has 138 valence electrons. The maximum Gasteiger partial charge on any atom is 0.573 e. The van der Waals surface area contributed by atoms with E-state index in [1.807, 2.05) is 0 Å². The third-order valence-electron chi connectivity index (χ3n) is 3.40. The number of benzene rings is 1. The quantitative estimate of drug-likeness (QED) is 0.557. The standard InChI is InChI=1S/C15H7F3N4O3S2/c16-15(17,18)25-7-1-2-9-10(5-7)27-13(20-9)21-11(23)8-6-19-14-22(12(8)24)3-4-26-14/h1-6H,(H,20,21,23). The lowest BCUT2D eigenvalue weighted by atomic mass is 10.3. The van der Waals surface area contributed by atoms with E-state index in [0.717, 1.165) is 17.4 Å². The van der Waals surface area contributed by atoms with Gasteiger partial charge < -0.3 is 4.74 Å². The normalized spacial score (nSPS) is 11.8. The van der Waals surface area contributed by atoms with Gasteiger partial charge in [-0.25, -0.2) is 9.97 Å². The van der Waals surface area contributed by atoms with Crippen molar-refractivity contribution in [2.24, 2.45) is 0 Å². The first-order valence-corrected chi connectivity index (χ1v) is 8.92. The summed E-state index contributed by atoms with van der Waals surface area (Å²) < 4.78 is 42.4. The number of thiazole rings is 2. The van der Waals surface area contributed by atoms with Crippen molar-refractivity contribution in [3.8, 4) is 5.75 Å². The molecule has 3 aromatic heterocycles. The fraction of sp³-hybridized carbons (Fsp3) is 0.0667. The van der Waals surface area contributed by atoms with Crippen molar-refractivity contribution >= 4 is 48.9 Å². The molecule has 4 rings (SSSR count). The number of carbonyl (C=O) groups is 1. The molecule has 0 saturated carbocycles. The minimum atomic E-state index is -4.80. The van der Waals surface area contributed by atoms with Crippen molar-refractivity contribution in [2.45, 2.75) is 6.36 Å². The maximum absolute atomic E-state index is 12.4. The summed E-state index contributed by atoms with van der Waals surface area (Å²) in [4.78, 5) is 33.3. The molecular formula is C15H7F3N4O3S2. The first-order valence-electron chi connectivity index (χ1n) is 7.23. The van der Waals surface area contributed by atoms with Crippen molar-refractivity contribution in [2.75, 3.05) is 5.32 Å². The predicted molar refractivity (Wildman–Crippen MR) is 93.6 cm³/mol. The number of ether oxygens (including phenoxy) is 1. The van der Waals surface area contributed by atoms with Gasteiger partial charge in [-0.1, -0.05) is 11.3 Å². The number of hydrogen-bond donors (Lipinski definition) is 1. The van der Waals surface area contributed by atoms with Gasteiger partial charge in [-0.15, -0.1) is 24.5 Å². The van der Waals surface area contributed by atoms with E-state index in [1.165, 1.54) is 40.3 Å². The second-order valence-electron chi connectivity index (χ2n) is 5.18. The van der Waals surface area contributed by atoms with Crippen molar-refractivity contribution in [1.29, 1.82) is 0 Å². The number of alkyl halides is 3. The number of halogens is 3. The summed E-state index contributed by atoms with van der Waals surface area (Å²) in [5.41, 5.74) is -0.320. The van der Waals surface area contributed by atoms with E-state index < -0.39 is 17.8 Å². The molecule has 0 unspecified atom stereocenters. The Kier molecular flexibility index (Phi) is 4.08. The molecule has 4 aromatic rings. The molecule has 0 spiro atoms. The Bertz CT molecular complexity index is 1230. The lowest BCUT2D eigenvalue weighted by Gasteiger charge is -2.07. The third-order valence-corrected chi connectivity index (χ3v) is 5.11. The number of rotatable bonds is 3. The molecule has 3 heterocycles. The number of amides is 1. The van der Waals surface area contributed by atoms with Gasteiger partial charge in [0.25, 0.3) is 11.5 Å². The molecule has 12 heteroatoms. The zero-order valence-electron chi connectivity index (χ0n) is 13.0. The molecule has 0 aliphatic carbocycles. The smallest absolute Gasteiger partial charge is 0.406 e. The molecule has 27 heavy (non-hydrogen) atoms. The lowest BCUT2D eigenvalue weighted by Crippen LogP contribution is -2.25. The van der Waals surface area contributed by atoms with Crippen molar-refractivity contribution < 1.29 is 22.7 Å². The van der Waals surface area contributed by atoms with Crippen LogP contribution in [0.3, 0.4) is 0 Å². The Morgan fingerprint density at radius 3 is 2.89 bits per heavy atom. The van der Waals surface area contributed by atoms with Crippen LogP contribution < -0.4 is 15.6 Å². The first kappa shape index (κ1) is 17.4. The number of nitrogens with one attached hydrogen (secondary N) is 1. The van der Waals surface area contributed by atoms with Gasteiger partial charge >= 0.3 is 6.36 Å². The summed E-state index contributed by atoms with van der Waals surface area (Å²) in [5.74, 6) is -1.10. The fourth-order valence-electron chi connectivity index (χ4n) is 2.30. The minimum Gasteiger partial charge on any atom is -0.406 e. The van der Waals surface area contributed by atoms with Gasteiger partial charge in [-0.05, 0) is 12.1 Å². The van der Waals surface area contributed by atoms with Gasteiger partial charge in [0.1, 0.15) is 11.3 Å². The summed E-state index contributed by atoms with van der Waals surface area (Å²) >= 11 is 2.21. The largest absolute Gasteiger partial charge is 0.573 e. The van der Waals surface area contributed by atoms with Crippen LogP contribution in [0.1, 0.15) is 10.4 Å². The SMILES string of the molecule is O=C(Nc1nc2ccc(OC(F)(F)F)cc2s1)c1cnc2sccn2c1=O. The van der Waals surface area contributed by atoms with E-state index in [9.17, 15) is 22.8 Å². The third kappa shape index (κ3) is 3.48. The molecule has 1 N–H and O–H groups in total. The van der Waals surface area contributed by atoms with Gasteiger partial charge in [-0.3, -0.25) is 19.3 Å². The van der Waals surface area contributed by atoms with Crippen LogP contribution in [0.25, 0.3) is 15.2 Å². The Morgan fingerprint density at radius 1 is 1.30 bits per heavy atom. The zero-order valence-corrected chi connectivity index (χ0v) is 14.6. The number of carbonyl (C=O) groups excluding carboxylic acids is 1. The number of hydrogen-bond acceptors (Lipinski definition) is 7. The van der Waals surface area contributed by atoms with Crippen molar-refractivity contribution in [3.63, 3.8) is 0 Å². The fourth-order valence-corrected chi connectivity index (χ4v) is 3.86. The number of aromatic nitrogens is 3. The van der Waals surface area contributed by atoms with Crippen LogP contribution in [0.4, 0.5) is 18.3 Å². The van der Waals surface area contributed by atoms with E-state index in [4.69, 9.17) is 0 Å². The highest BCUT2D eigenvalue weighted by Gasteiger charge is 2.31. The summed E-state index contributed by atoms with van der Waals surface area (Å²) in [6, 6.07) is 3.64. The molecule has 1 amide bonds. The second kappa shape index (κ2) is 6.32. The van der Waals surface area contributed by atoms with Crippen LogP contribution in [-0.4, -0.2) is 26.6 Å².